The van der Waals surface area contributed by atoms with E-state index < -0.39 is 11.6 Å². The Hall–Kier alpha value is -1.00. The Kier molecular flexibility index (Phi) is 2.64. The van der Waals surface area contributed by atoms with Crippen molar-refractivity contribution in [2.45, 2.75) is 43.3 Å². The van der Waals surface area contributed by atoms with Gasteiger partial charge in [0.25, 0.3) is 0 Å². The van der Waals surface area contributed by atoms with Crippen LogP contribution in [0.3, 0.4) is 0 Å². The Morgan fingerprint density at radius 3 is 2.53 bits per heavy atom. The SMILES string of the molecule is NC1CC(N[C@@H]2C[C@H]2c2ccc(F)c(F)c2)C1. The summed E-state index contributed by atoms with van der Waals surface area (Å²) in [5.74, 6) is -1.19. The van der Waals surface area contributed by atoms with Crippen molar-refractivity contribution >= 4 is 0 Å². The first kappa shape index (κ1) is 11.1. The van der Waals surface area contributed by atoms with Crippen molar-refractivity contribution in [2.24, 2.45) is 5.73 Å². The number of nitrogens with one attached hydrogen (secondary N) is 1. The Bertz CT molecular complexity index is 429. The highest BCUT2D eigenvalue weighted by Crippen LogP contribution is 2.42. The molecule has 2 atom stereocenters. The third-order valence-electron chi connectivity index (χ3n) is 3.79. The van der Waals surface area contributed by atoms with E-state index in [0.29, 0.717) is 24.0 Å². The standard InChI is InChI=1S/C13H16F2N2/c14-11-2-1-7(3-12(11)15)10-6-13(10)17-9-4-8(16)5-9/h1-3,8-10,13,17H,4-6,16H2/t8?,9?,10-,13+/m0/s1. The zero-order valence-electron chi connectivity index (χ0n) is 9.50. The summed E-state index contributed by atoms with van der Waals surface area (Å²) in [6.45, 7) is 0. The zero-order chi connectivity index (χ0) is 12.0. The summed E-state index contributed by atoms with van der Waals surface area (Å²) < 4.78 is 25.9. The number of benzene rings is 1. The molecule has 1 aromatic rings. The topological polar surface area (TPSA) is 38.0 Å². The van der Waals surface area contributed by atoms with E-state index in [1.54, 1.807) is 6.07 Å². The molecule has 2 nitrogen and oxygen atoms in total. The average Bonchev–Trinajstić information content (AvgIpc) is 2.99. The van der Waals surface area contributed by atoms with Crippen LogP contribution in [-0.4, -0.2) is 18.1 Å². The molecule has 4 heteroatoms. The average molecular weight is 238 g/mol. The minimum atomic E-state index is -0.774. The molecule has 2 aliphatic rings. The van der Waals surface area contributed by atoms with Crippen molar-refractivity contribution in [2.75, 3.05) is 0 Å². The highest BCUT2D eigenvalue weighted by Gasteiger charge is 2.41. The van der Waals surface area contributed by atoms with E-state index in [-0.39, 0.29) is 0 Å². The highest BCUT2D eigenvalue weighted by molar-refractivity contribution is 5.29. The predicted molar refractivity (Wildman–Crippen MR) is 61.6 cm³/mol. The zero-order valence-corrected chi connectivity index (χ0v) is 9.50. The van der Waals surface area contributed by atoms with Crippen molar-refractivity contribution in [3.05, 3.63) is 35.4 Å². The molecule has 2 aliphatic carbocycles. The Labute approximate surface area is 99.2 Å². The number of hydrogen-bond donors (Lipinski definition) is 2. The van der Waals surface area contributed by atoms with Gasteiger partial charge < -0.3 is 11.1 Å². The smallest absolute Gasteiger partial charge is 0.159 e. The highest BCUT2D eigenvalue weighted by atomic mass is 19.2. The van der Waals surface area contributed by atoms with Crippen LogP contribution in [0.1, 0.15) is 30.7 Å². The van der Waals surface area contributed by atoms with Gasteiger partial charge in [-0.3, -0.25) is 0 Å². The number of halogens is 2. The molecule has 0 spiro atoms. The Morgan fingerprint density at radius 2 is 1.88 bits per heavy atom. The molecule has 2 fully saturated rings. The quantitative estimate of drug-likeness (QED) is 0.844. The number of rotatable bonds is 3. The summed E-state index contributed by atoms with van der Waals surface area (Å²) in [6, 6.07) is 5.47. The molecule has 3 rings (SSSR count). The normalized spacial score (nSPS) is 35.5. The van der Waals surface area contributed by atoms with Gasteiger partial charge in [-0.2, -0.15) is 0 Å². The van der Waals surface area contributed by atoms with E-state index in [2.05, 4.69) is 5.32 Å². The van der Waals surface area contributed by atoms with Crippen LogP contribution in [0, 0.1) is 11.6 Å². The van der Waals surface area contributed by atoms with Gasteiger partial charge in [0, 0.05) is 24.0 Å². The summed E-state index contributed by atoms with van der Waals surface area (Å²) in [5, 5.41) is 3.51. The first-order valence-electron chi connectivity index (χ1n) is 6.10. The van der Waals surface area contributed by atoms with E-state index in [1.807, 2.05) is 0 Å². The molecule has 0 aromatic heterocycles. The van der Waals surface area contributed by atoms with E-state index in [9.17, 15) is 8.78 Å². The van der Waals surface area contributed by atoms with Gasteiger partial charge in [0.1, 0.15) is 0 Å². The molecule has 17 heavy (non-hydrogen) atoms. The van der Waals surface area contributed by atoms with Crippen LogP contribution in [0.4, 0.5) is 8.78 Å². The van der Waals surface area contributed by atoms with E-state index in [4.69, 9.17) is 5.73 Å². The fourth-order valence-corrected chi connectivity index (χ4v) is 2.59. The van der Waals surface area contributed by atoms with Crippen LogP contribution in [0.25, 0.3) is 0 Å². The molecule has 0 bridgehead atoms. The molecule has 0 radical (unpaired) electrons. The summed E-state index contributed by atoms with van der Waals surface area (Å²) in [4.78, 5) is 0. The van der Waals surface area contributed by atoms with Gasteiger partial charge in [-0.05, 0) is 37.0 Å². The summed E-state index contributed by atoms with van der Waals surface area (Å²) in [5.41, 5.74) is 6.61. The minimum absolute atomic E-state index is 0.335. The maximum absolute atomic E-state index is 13.1. The first-order chi connectivity index (χ1) is 8.13. The second-order valence-electron chi connectivity index (χ2n) is 5.22. The molecule has 0 saturated heterocycles. The van der Waals surface area contributed by atoms with Gasteiger partial charge in [0.05, 0.1) is 0 Å². The summed E-state index contributed by atoms with van der Waals surface area (Å²) in [7, 11) is 0. The summed E-state index contributed by atoms with van der Waals surface area (Å²) in [6.07, 6.45) is 3.07. The van der Waals surface area contributed by atoms with Gasteiger partial charge in [-0.25, -0.2) is 8.78 Å². The van der Waals surface area contributed by atoms with Crippen LogP contribution in [-0.2, 0) is 0 Å². The fraction of sp³-hybridized carbons (Fsp3) is 0.538. The van der Waals surface area contributed by atoms with Crippen LogP contribution in [0.15, 0.2) is 18.2 Å². The minimum Gasteiger partial charge on any atom is -0.328 e. The van der Waals surface area contributed by atoms with Gasteiger partial charge >= 0.3 is 0 Å². The van der Waals surface area contributed by atoms with Gasteiger partial charge in [-0.1, -0.05) is 6.07 Å². The Balaban J connectivity index is 1.58. The molecule has 92 valence electrons. The molecule has 1 aromatic carbocycles. The van der Waals surface area contributed by atoms with E-state index in [0.717, 1.165) is 24.8 Å². The molecule has 0 aliphatic heterocycles. The molecule has 3 N–H and O–H groups in total. The van der Waals surface area contributed by atoms with E-state index >= 15 is 0 Å². The van der Waals surface area contributed by atoms with Crippen molar-refractivity contribution in [3.8, 4) is 0 Å². The van der Waals surface area contributed by atoms with Crippen LogP contribution in [0.2, 0.25) is 0 Å². The lowest BCUT2D eigenvalue weighted by atomic mass is 9.87. The van der Waals surface area contributed by atoms with Crippen LogP contribution in [0.5, 0.6) is 0 Å². The van der Waals surface area contributed by atoms with E-state index in [1.165, 1.54) is 12.1 Å². The lowest BCUT2D eigenvalue weighted by molar-refractivity contribution is 0.289. The maximum Gasteiger partial charge on any atom is 0.159 e. The van der Waals surface area contributed by atoms with Gasteiger partial charge in [0.2, 0.25) is 0 Å². The number of nitrogens with two attached hydrogens (primary N) is 1. The van der Waals surface area contributed by atoms with Crippen LogP contribution < -0.4 is 11.1 Å². The van der Waals surface area contributed by atoms with Gasteiger partial charge in [-0.15, -0.1) is 0 Å². The molecular weight excluding hydrogens is 222 g/mol. The summed E-state index contributed by atoms with van der Waals surface area (Å²) >= 11 is 0. The lowest BCUT2D eigenvalue weighted by Gasteiger charge is -2.33. The second-order valence-corrected chi connectivity index (χ2v) is 5.22. The fourth-order valence-electron chi connectivity index (χ4n) is 2.59. The predicted octanol–water partition coefficient (Wildman–Crippen LogP) is 1.90. The lowest BCUT2D eigenvalue weighted by Crippen LogP contribution is -2.49. The van der Waals surface area contributed by atoms with Crippen molar-refractivity contribution in [1.29, 1.82) is 0 Å². The Morgan fingerprint density at radius 1 is 1.12 bits per heavy atom. The third kappa shape index (κ3) is 2.19. The molecular formula is C13H16F2N2. The molecule has 0 unspecified atom stereocenters. The maximum atomic E-state index is 13.1. The first-order valence-corrected chi connectivity index (χ1v) is 6.10. The second kappa shape index (κ2) is 4.03. The van der Waals surface area contributed by atoms with Crippen molar-refractivity contribution < 1.29 is 8.78 Å². The van der Waals surface area contributed by atoms with Crippen molar-refractivity contribution in [3.63, 3.8) is 0 Å². The molecule has 0 heterocycles. The third-order valence-corrected chi connectivity index (χ3v) is 3.79. The van der Waals surface area contributed by atoms with Crippen molar-refractivity contribution in [1.82, 2.24) is 5.32 Å². The monoisotopic (exact) mass is 238 g/mol. The number of hydrogen-bond acceptors (Lipinski definition) is 2. The molecule has 0 amide bonds. The molecule has 2 saturated carbocycles. The van der Waals surface area contributed by atoms with Crippen LogP contribution >= 0.6 is 0 Å². The van der Waals surface area contributed by atoms with Gasteiger partial charge in [0.15, 0.2) is 11.6 Å². The largest absolute Gasteiger partial charge is 0.328 e.